The molecule has 1 aliphatic carbocycles. The Bertz CT molecular complexity index is 873. The Kier molecular flexibility index (Phi) is 6.42. The van der Waals surface area contributed by atoms with Gasteiger partial charge in [-0.2, -0.15) is 4.31 Å². The van der Waals surface area contributed by atoms with E-state index in [-0.39, 0.29) is 22.4 Å². The summed E-state index contributed by atoms with van der Waals surface area (Å²) in [6.45, 7) is 6.07. The molecule has 1 saturated heterocycles. The summed E-state index contributed by atoms with van der Waals surface area (Å²) >= 11 is 0. The second-order valence-electron chi connectivity index (χ2n) is 7.44. The lowest BCUT2D eigenvalue weighted by molar-refractivity contribution is -0.384. The van der Waals surface area contributed by atoms with Crippen molar-refractivity contribution in [2.24, 2.45) is 5.92 Å². The molecule has 1 saturated carbocycles. The molecule has 0 bridgehead atoms. The summed E-state index contributed by atoms with van der Waals surface area (Å²) in [6, 6.07) is 4.09. The molecule has 1 aromatic carbocycles. The number of anilines is 1. The third-order valence-corrected chi connectivity index (χ3v) is 7.92. The highest BCUT2D eigenvalue weighted by atomic mass is 32.2. The number of amides is 1. The third kappa shape index (κ3) is 4.23. The molecule has 0 spiro atoms. The number of hydrogen-bond donors (Lipinski definition) is 0. The van der Waals surface area contributed by atoms with E-state index in [1.54, 1.807) is 13.8 Å². The van der Waals surface area contributed by atoms with Crippen molar-refractivity contribution in [2.75, 3.05) is 44.2 Å². The van der Waals surface area contributed by atoms with Gasteiger partial charge >= 0.3 is 0 Å². The number of sulfonamides is 1. The lowest BCUT2D eigenvalue weighted by Crippen LogP contribution is -2.51. The van der Waals surface area contributed by atoms with E-state index >= 15 is 0 Å². The lowest BCUT2D eigenvalue weighted by atomic mass is 9.84. The minimum absolute atomic E-state index is 0.0737. The summed E-state index contributed by atoms with van der Waals surface area (Å²) in [5.41, 5.74) is 0.168. The Hall–Kier alpha value is -2.20. The quantitative estimate of drug-likeness (QED) is 0.490. The third-order valence-electron chi connectivity index (χ3n) is 5.87. The summed E-state index contributed by atoms with van der Waals surface area (Å²) < 4.78 is 26.7. The van der Waals surface area contributed by atoms with Crippen LogP contribution in [0.4, 0.5) is 11.4 Å². The van der Waals surface area contributed by atoms with Gasteiger partial charge in [0.1, 0.15) is 5.69 Å². The van der Waals surface area contributed by atoms with Crippen molar-refractivity contribution in [1.29, 1.82) is 0 Å². The van der Waals surface area contributed by atoms with E-state index < -0.39 is 14.9 Å². The summed E-state index contributed by atoms with van der Waals surface area (Å²) in [5, 5.41) is 11.7. The molecule has 10 heteroatoms. The molecule has 0 N–H and O–H groups in total. The molecule has 2 fully saturated rings. The number of nitrogens with zero attached hydrogens (tertiary/aromatic N) is 4. The SMILES string of the molecule is CCN(CC)S(=O)(=O)c1ccc(N2CCN(C(=O)C3CCC3)CC2)c([N+](=O)[O-])c1. The van der Waals surface area contributed by atoms with Crippen molar-refractivity contribution in [3.05, 3.63) is 28.3 Å². The van der Waals surface area contributed by atoms with E-state index in [4.69, 9.17) is 0 Å². The molecule has 29 heavy (non-hydrogen) atoms. The minimum Gasteiger partial charge on any atom is -0.362 e. The van der Waals surface area contributed by atoms with E-state index in [1.165, 1.54) is 16.4 Å². The zero-order valence-electron chi connectivity index (χ0n) is 16.9. The van der Waals surface area contributed by atoms with Crippen molar-refractivity contribution < 1.29 is 18.1 Å². The second-order valence-corrected chi connectivity index (χ2v) is 9.38. The average Bonchev–Trinajstić information content (AvgIpc) is 2.67. The zero-order chi connectivity index (χ0) is 21.2. The summed E-state index contributed by atoms with van der Waals surface area (Å²) in [7, 11) is -3.77. The van der Waals surface area contributed by atoms with E-state index in [2.05, 4.69) is 0 Å². The van der Waals surface area contributed by atoms with Gasteiger partial charge in [0, 0.05) is 51.3 Å². The van der Waals surface area contributed by atoms with Gasteiger partial charge in [-0.3, -0.25) is 14.9 Å². The first-order valence-electron chi connectivity index (χ1n) is 10.1. The van der Waals surface area contributed by atoms with E-state index in [0.29, 0.717) is 45.0 Å². The molecule has 0 radical (unpaired) electrons. The first-order valence-corrected chi connectivity index (χ1v) is 11.6. The maximum atomic E-state index is 12.7. The molecule has 1 heterocycles. The highest BCUT2D eigenvalue weighted by Crippen LogP contribution is 2.33. The number of nitro benzene ring substituents is 1. The highest BCUT2D eigenvalue weighted by Gasteiger charge is 2.33. The van der Waals surface area contributed by atoms with Gasteiger partial charge in [0.15, 0.2) is 0 Å². The normalized spacial score (nSPS) is 18.0. The summed E-state index contributed by atoms with van der Waals surface area (Å²) in [6.07, 6.45) is 3.01. The lowest BCUT2D eigenvalue weighted by Gasteiger charge is -2.39. The van der Waals surface area contributed by atoms with Crippen molar-refractivity contribution in [1.82, 2.24) is 9.21 Å². The van der Waals surface area contributed by atoms with E-state index in [9.17, 15) is 23.3 Å². The molecule has 1 aliphatic heterocycles. The molecule has 0 atom stereocenters. The van der Waals surface area contributed by atoms with Gasteiger partial charge in [0.25, 0.3) is 5.69 Å². The van der Waals surface area contributed by atoms with Crippen LogP contribution < -0.4 is 4.90 Å². The average molecular weight is 425 g/mol. The topological polar surface area (TPSA) is 104 Å². The van der Waals surface area contributed by atoms with Gasteiger partial charge in [-0.05, 0) is 25.0 Å². The standard InChI is InChI=1S/C19H28N4O5S/c1-3-22(4-2)29(27,28)16-8-9-17(18(14-16)23(25)26)20-10-12-21(13-11-20)19(24)15-6-5-7-15/h8-9,14-15H,3-7,10-13H2,1-2H3. The smallest absolute Gasteiger partial charge is 0.293 e. The van der Waals surface area contributed by atoms with Crippen molar-refractivity contribution in [3.8, 4) is 0 Å². The first-order chi connectivity index (χ1) is 13.8. The van der Waals surface area contributed by atoms with Crippen LogP contribution in [0, 0.1) is 16.0 Å². The predicted molar refractivity (Wildman–Crippen MR) is 109 cm³/mol. The zero-order valence-corrected chi connectivity index (χ0v) is 17.7. The molecule has 160 valence electrons. The van der Waals surface area contributed by atoms with Gasteiger partial charge in [-0.1, -0.05) is 20.3 Å². The predicted octanol–water partition coefficient (Wildman–Crippen LogP) is 2.07. The molecule has 9 nitrogen and oxygen atoms in total. The Morgan fingerprint density at radius 1 is 1.17 bits per heavy atom. The fraction of sp³-hybridized carbons (Fsp3) is 0.632. The summed E-state index contributed by atoms with van der Waals surface area (Å²) in [4.78, 5) is 27.2. The molecule has 0 aromatic heterocycles. The first kappa shape index (κ1) is 21.5. The van der Waals surface area contributed by atoms with Crippen LogP contribution in [0.25, 0.3) is 0 Å². The highest BCUT2D eigenvalue weighted by molar-refractivity contribution is 7.89. The van der Waals surface area contributed by atoms with Crippen LogP contribution >= 0.6 is 0 Å². The van der Waals surface area contributed by atoms with Crippen molar-refractivity contribution in [3.63, 3.8) is 0 Å². The van der Waals surface area contributed by atoms with Crippen molar-refractivity contribution >= 4 is 27.3 Å². The Morgan fingerprint density at radius 3 is 2.28 bits per heavy atom. The number of benzene rings is 1. The van der Waals surface area contributed by atoms with E-state index in [1.807, 2.05) is 9.80 Å². The maximum Gasteiger partial charge on any atom is 0.293 e. The molecule has 3 rings (SSSR count). The van der Waals surface area contributed by atoms with Gasteiger partial charge in [0.2, 0.25) is 15.9 Å². The number of rotatable bonds is 7. The van der Waals surface area contributed by atoms with Crippen molar-refractivity contribution in [2.45, 2.75) is 38.0 Å². The van der Waals surface area contributed by atoms with Crippen LogP contribution in [-0.4, -0.2) is 67.7 Å². The van der Waals surface area contributed by atoms with Gasteiger partial charge in [0.05, 0.1) is 9.82 Å². The Morgan fingerprint density at radius 2 is 1.79 bits per heavy atom. The Balaban J connectivity index is 1.80. The monoisotopic (exact) mass is 424 g/mol. The molecule has 1 amide bonds. The van der Waals surface area contributed by atoms with Crippen LogP contribution in [0.15, 0.2) is 23.1 Å². The van der Waals surface area contributed by atoms with Gasteiger partial charge < -0.3 is 9.80 Å². The number of piperazine rings is 1. The van der Waals surface area contributed by atoms with Gasteiger partial charge in [-0.15, -0.1) is 0 Å². The molecular formula is C19H28N4O5S. The number of carbonyl (C=O) groups is 1. The summed E-state index contributed by atoms with van der Waals surface area (Å²) in [5.74, 6) is 0.325. The fourth-order valence-electron chi connectivity index (χ4n) is 3.87. The van der Waals surface area contributed by atoms with Gasteiger partial charge in [-0.25, -0.2) is 8.42 Å². The molecule has 2 aliphatic rings. The molecular weight excluding hydrogens is 396 g/mol. The number of nitro groups is 1. The minimum atomic E-state index is -3.77. The van der Waals surface area contributed by atoms with Crippen LogP contribution in [0.3, 0.4) is 0 Å². The molecule has 1 aromatic rings. The number of carbonyl (C=O) groups excluding carboxylic acids is 1. The molecule has 0 unspecified atom stereocenters. The fourth-order valence-corrected chi connectivity index (χ4v) is 5.35. The Labute approximate surface area is 171 Å². The van der Waals surface area contributed by atoms with E-state index in [0.717, 1.165) is 25.3 Å². The van der Waals surface area contributed by atoms with Crippen LogP contribution in [0.2, 0.25) is 0 Å². The van der Waals surface area contributed by atoms with Crippen LogP contribution in [-0.2, 0) is 14.8 Å². The van der Waals surface area contributed by atoms with Crippen LogP contribution in [0.1, 0.15) is 33.1 Å². The maximum absolute atomic E-state index is 12.7. The van der Waals surface area contributed by atoms with Crippen LogP contribution in [0.5, 0.6) is 0 Å². The number of hydrogen-bond acceptors (Lipinski definition) is 6. The second kappa shape index (κ2) is 8.66. The largest absolute Gasteiger partial charge is 0.362 e.